The van der Waals surface area contributed by atoms with Crippen molar-refractivity contribution in [1.82, 2.24) is 15.0 Å². The van der Waals surface area contributed by atoms with Gasteiger partial charge in [0, 0.05) is 23.6 Å². The van der Waals surface area contributed by atoms with Crippen molar-refractivity contribution < 1.29 is 4.79 Å². The number of aromatic amines is 1. The molecule has 4 rings (SSSR count). The molecule has 0 saturated heterocycles. The number of imidazole rings is 1. The molecule has 0 bridgehead atoms. The van der Waals surface area contributed by atoms with Crippen molar-refractivity contribution >= 4 is 22.6 Å². The first-order chi connectivity index (χ1) is 11.8. The number of rotatable bonds is 3. The van der Waals surface area contributed by atoms with Gasteiger partial charge in [0.2, 0.25) is 0 Å². The van der Waals surface area contributed by atoms with E-state index in [0.29, 0.717) is 16.9 Å². The number of nitrogens with zero attached hydrogens (tertiary/aromatic N) is 2. The summed E-state index contributed by atoms with van der Waals surface area (Å²) in [6, 6.07) is 18.7. The van der Waals surface area contributed by atoms with Gasteiger partial charge >= 0.3 is 0 Å². The number of para-hydroxylation sites is 2. The third-order valence-corrected chi connectivity index (χ3v) is 3.72. The van der Waals surface area contributed by atoms with Crippen LogP contribution in [0.4, 0.5) is 5.69 Å². The van der Waals surface area contributed by atoms with E-state index >= 15 is 0 Å². The molecule has 0 spiro atoms. The lowest BCUT2D eigenvalue weighted by Gasteiger charge is -2.05. The molecule has 0 aliphatic heterocycles. The van der Waals surface area contributed by atoms with Crippen molar-refractivity contribution in [3.8, 4) is 11.4 Å². The molecule has 0 fully saturated rings. The minimum Gasteiger partial charge on any atom is -0.338 e. The summed E-state index contributed by atoms with van der Waals surface area (Å²) in [5.41, 5.74) is 3.62. The summed E-state index contributed by atoms with van der Waals surface area (Å²) in [7, 11) is 0. The molecule has 0 atom stereocenters. The molecule has 4 aromatic rings. The Labute approximate surface area is 138 Å². The molecular formula is C19H14N4O. The van der Waals surface area contributed by atoms with Gasteiger partial charge in [-0.2, -0.15) is 0 Å². The number of carbonyl (C=O) groups excluding carboxylic acids is 1. The van der Waals surface area contributed by atoms with Crippen LogP contribution in [0.2, 0.25) is 0 Å². The summed E-state index contributed by atoms with van der Waals surface area (Å²) in [6.07, 6.45) is 3.45. The highest BCUT2D eigenvalue weighted by atomic mass is 16.1. The van der Waals surface area contributed by atoms with Crippen LogP contribution in [0.15, 0.2) is 73.1 Å². The van der Waals surface area contributed by atoms with Gasteiger partial charge in [-0.3, -0.25) is 9.78 Å². The van der Waals surface area contributed by atoms with Crippen LogP contribution in [-0.2, 0) is 0 Å². The SMILES string of the molecule is O=C(Nc1ccccc1)c1cccc2[nH]c(-c3cccnc3)nc12. The number of pyridine rings is 1. The van der Waals surface area contributed by atoms with E-state index < -0.39 is 0 Å². The Morgan fingerprint density at radius 3 is 2.62 bits per heavy atom. The van der Waals surface area contributed by atoms with Crippen LogP contribution in [0.3, 0.4) is 0 Å². The van der Waals surface area contributed by atoms with Gasteiger partial charge in [0.05, 0.1) is 11.1 Å². The molecule has 2 aromatic carbocycles. The second-order valence-corrected chi connectivity index (χ2v) is 5.35. The second kappa shape index (κ2) is 5.96. The van der Waals surface area contributed by atoms with Crippen LogP contribution in [0.1, 0.15) is 10.4 Å². The standard InChI is InChI=1S/C19H14N4O/c24-19(21-14-7-2-1-3-8-14)15-9-4-10-16-17(15)23-18(22-16)13-6-5-11-20-12-13/h1-12H,(H,21,24)(H,22,23). The third-order valence-electron chi connectivity index (χ3n) is 3.72. The second-order valence-electron chi connectivity index (χ2n) is 5.35. The van der Waals surface area contributed by atoms with Crippen LogP contribution in [0.5, 0.6) is 0 Å². The van der Waals surface area contributed by atoms with Crippen molar-refractivity contribution in [3.63, 3.8) is 0 Å². The largest absolute Gasteiger partial charge is 0.338 e. The van der Waals surface area contributed by atoms with Gasteiger partial charge in [-0.05, 0) is 36.4 Å². The fourth-order valence-corrected chi connectivity index (χ4v) is 2.57. The molecule has 24 heavy (non-hydrogen) atoms. The lowest BCUT2D eigenvalue weighted by molar-refractivity contribution is 0.102. The monoisotopic (exact) mass is 314 g/mol. The molecule has 2 N–H and O–H groups in total. The van der Waals surface area contributed by atoms with Crippen LogP contribution in [-0.4, -0.2) is 20.9 Å². The Kier molecular flexibility index (Phi) is 3.51. The van der Waals surface area contributed by atoms with Gasteiger partial charge in [0.1, 0.15) is 11.3 Å². The van der Waals surface area contributed by atoms with E-state index in [-0.39, 0.29) is 5.91 Å². The zero-order valence-corrected chi connectivity index (χ0v) is 12.7. The number of anilines is 1. The summed E-state index contributed by atoms with van der Waals surface area (Å²) in [6.45, 7) is 0. The normalized spacial score (nSPS) is 10.7. The number of fused-ring (bicyclic) bond motifs is 1. The summed E-state index contributed by atoms with van der Waals surface area (Å²) >= 11 is 0. The number of H-pyrrole nitrogens is 1. The number of hydrogen-bond acceptors (Lipinski definition) is 3. The van der Waals surface area contributed by atoms with Crippen LogP contribution in [0.25, 0.3) is 22.4 Å². The van der Waals surface area contributed by atoms with E-state index in [1.165, 1.54) is 0 Å². The molecule has 0 unspecified atom stereocenters. The average molecular weight is 314 g/mol. The minimum absolute atomic E-state index is 0.184. The molecule has 5 heteroatoms. The Morgan fingerprint density at radius 2 is 1.83 bits per heavy atom. The predicted molar refractivity (Wildman–Crippen MR) is 93.7 cm³/mol. The summed E-state index contributed by atoms with van der Waals surface area (Å²) in [5, 5.41) is 2.89. The fraction of sp³-hybridized carbons (Fsp3) is 0. The van der Waals surface area contributed by atoms with E-state index in [1.54, 1.807) is 18.5 Å². The molecule has 1 amide bonds. The predicted octanol–water partition coefficient (Wildman–Crippen LogP) is 3.88. The minimum atomic E-state index is -0.184. The lowest BCUT2D eigenvalue weighted by atomic mass is 10.1. The van der Waals surface area contributed by atoms with Crippen molar-refractivity contribution in [1.29, 1.82) is 0 Å². The maximum absolute atomic E-state index is 12.6. The molecule has 116 valence electrons. The van der Waals surface area contributed by atoms with Crippen molar-refractivity contribution in [2.75, 3.05) is 5.32 Å². The number of hydrogen-bond donors (Lipinski definition) is 2. The van der Waals surface area contributed by atoms with Gasteiger partial charge < -0.3 is 10.3 Å². The van der Waals surface area contributed by atoms with Crippen molar-refractivity contribution in [2.45, 2.75) is 0 Å². The van der Waals surface area contributed by atoms with Gasteiger partial charge in [-0.15, -0.1) is 0 Å². The fourth-order valence-electron chi connectivity index (χ4n) is 2.57. The Morgan fingerprint density at radius 1 is 0.958 bits per heavy atom. The first-order valence-electron chi connectivity index (χ1n) is 7.57. The number of amides is 1. The van der Waals surface area contributed by atoms with E-state index in [0.717, 1.165) is 16.8 Å². The smallest absolute Gasteiger partial charge is 0.257 e. The number of nitrogens with one attached hydrogen (secondary N) is 2. The van der Waals surface area contributed by atoms with Gasteiger partial charge in [0.25, 0.3) is 5.91 Å². The summed E-state index contributed by atoms with van der Waals surface area (Å²) < 4.78 is 0. The average Bonchev–Trinajstić information content (AvgIpc) is 3.07. The molecule has 5 nitrogen and oxygen atoms in total. The van der Waals surface area contributed by atoms with Gasteiger partial charge in [-0.25, -0.2) is 4.98 Å². The van der Waals surface area contributed by atoms with Gasteiger partial charge in [-0.1, -0.05) is 24.3 Å². The van der Waals surface area contributed by atoms with E-state index in [1.807, 2.05) is 54.6 Å². The Hall–Kier alpha value is -3.47. The molecule has 0 radical (unpaired) electrons. The molecule has 2 heterocycles. The lowest BCUT2D eigenvalue weighted by Crippen LogP contribution is -2.12. The first kappa shape index (κ1) is 14.1. The summed E-state index contributed by atoms with van der Waals surface area (Å²) in [4.78, 5) is 24.5. The van der Waals surface area contributed by atoms with Crippen LogP contribution >= 0.6 is 0 Å². The van der Waals surface area contributed by atoms with Gasteiger partial charge in [0.15, 0.2) is 0 Å². The zero-order valence-electron chi connectivity index (χ0n) is 12.7. The van der Waals surface area contributed by atoms with Crippen molar-refractivity contribution in [2.24, 2.45) is 0 Å². The number of benzene rings is 2. The topological polar surface area (TPSA) is 70.7 Å². The van der Waals surface area contributed by atoms with Crippen LogP contribution in [0, 0.1) is 0 Å². The molecular weight excluding hydrogens is 300 g/mol. The third kappa shape index (κ3) is 2.63. The molecule has 0 saturated carbocycles. The maximum atomic E-state index is 12.6. The zero-order chi connectivity index (χ0) is 16.4. The highest BCUT2D eigenvalue weighted by molar-refractivity contribution is 6.11. The number of carbonyl (C=O) groups is 1. The maximum Gasteiger partial charge on any atom is 0.257 e. The summed E-state index contributed by atoms with van der Waals surface area (Å²) in [5.74, 6) is 0.508. The van der Waals surface area contributed by atoms with E-state index in [2.05, 4.69) is 20.3 Å². The van der Waals surface area contributed by atoms with E-state index in [9.17, 15) is 4.79 Å². The Balaban J connectivity index is 1.73. The van der Waals surface area contributed by atoms with E-state index in [4.69, 9.17) is 0 Å². The number of aromatic nitrogens is 3. The molecule has 0 aliphatic rings. The quantitative estimate of drug-likeness (QED) is 0.603. The Bertz CT molecular complexity index is 994. The van der Waals surface area contributed by atoms with Crippen molar-refractivity contribution in [3.05, 3.63) is 78.6 Å². The molecule has 0 aliphatic carbocycles. The highest BCUT2D eigenvalue weighted by Gasteiger charge is 2.14. The highest BCUT2D eigenvalue weighted by Crippen LogP contribution is 2.23. The first-order valence-corrected chi connectivity index (χ1v) is 7.57. The van der Waals surface area contributed by atoms with Crippen LogP contribution < -0.4 is 5.32 Å². The molecule has 2 aromatic heterocycles.